The number of nitrogens with zero attached hydrogens (tertiary/aromatic N) is 2. The summed E-state index contributed by atoms with van der Waals surface area (Å²) < 4.78 is 0. The minimum Gasteiger partial charge on any atom is -0.351 e. The number of carbonyl (C=O) groups is 2. The third kappa shape index (κ3) is 5.15. The maximum absolute atomic E-state index is 12.6. The molecular weight excluding hydrogens is 352 g/mol. The maximum atomic E-state index is 12.6. The molecule has 148 valence electrons. The van der Waals surface area contributed by atoms with Crippen LogP contribution in [0, 0.1) is 10.8 Å². The van der Waals surface area contributed by atoms with Gasteiger partial charge >= 0.3 is 0 Å². The summed E-state index contributed by atoms with van der Waals surface area (Å²) in [5.41, 5.74) is 1.09. The van der Waals surface area contributed by atoms with Crippen LogP contribution in [0.25, 0.3) is 0 Å². The molecule has 6 heteroatoms. The standard InChI is InChI=1S/C22H28N4O2/c1-21(2)10-18(26-20(28)17-7-5-9-24-13-17)11-22(3,14-21)15-25-19(27)16-6-4-8-23-12-16/h4-9,12-13,18H,10-11,14-15H2,1-3H3,(H,25,27)(H,26,28)/t18-,22-/m1/s1. The van der Waals surface area contributed by atoms with Gasteiger partial charge in [0.2, 0.25) is 0 Å². The van der Waals surface area contributed by atoms with Crippen LogP contribution in [0.5, 0.6) is 0 Å². The molecule has 3 rings (SSSR count). The summed E-state index contributed by atoms with van der Waals surface area (Å²) in [5.74, 6) is -0.216. The van der Waals surface area contributed by atoms with E-state index < -0.39 is 0 Å². The highest BCUT2D eigenvalue weighted by atomic mass is 16.2. The van der Waals surface area contributed by atoms with Gasteiger partial charge in [0.15, 0.2) is 0 Å². The second-order valence-corrected chi connectivity index (χ2v) is 8.90. The number of carbonyl (C=O) groups excluding carboxylic acids is 2. The Morgan fingerprint density at radius 1 is 1.00 bits per heavy atom. The summed E-state index contributed by atoms with van der Waals surface area (Å²) in [6.45, 7) is 7.18. The topological polar surface area (TPSA) is 84.0 Å². The lowest BCUT2D eigenvalue weighted by molar-refractivity contribution is 0.0592. The van der Waals surface area contributed by atoms with Crippen LogP contribution >= 0.6 is 0 Å². The smallest absolute Gasteiger partial charge is 0.253 e. The molecule has 0 aliphatic heterocycles. The molecule has 0 bridgehead atoms. The van der Waals surface area contributed by atoms with E-state index in [-0.39, 0.29) is 28.7 Å². The number of pyridine rings is 2. The summed E-state index contributed by atoms with van der Waals surface area (Å²) in [4.78, 5) is 33.0. The van der Waals surface area contributed by atoms with Crippen molar-refractivity contribution < 1.29 is 9.59 Å². The fourth-order valence-corrected chi connectivity index (χ4v) is 4.53. The Bertz CT molecular complexity index is 823. The van der Waals surface area contributed by atoms with Crippen molar-refractivity contribution >= 4 is 11.8 Å². The van der Waals surface area contributed by atoms with Gasteiger partial charge in [-0.1, -0.05) is 20.8 Å². The number of nitrogens with one attached hydrogen (secondary N) is 2. The predicted molar refractivity (Wildman–Crippen MR) is 108 cm³/mol. The van der Waals surface area contributed by atoms with Crippen LogP contribution < -0.4 is 10.6 Å². The lowest BCUT2D eigenvalue weighted by Gasteiger charge is -2.47. The molecule has 0 saturated heterocycles. The highest BCUT2D eigenvalue weighted by Gasteiger charge is 2.41. The molecule has 1 saturated carbocycles. The first kappa shape index (κ1) is 20.0. The van der Waals surface area contributed by atoms with Crippen LogP contribution in [-0.4, -0.2) is 34.4 Å². The predicted octanol–water partition coefficient (Wildman–Crippen LogP) is 3.22. The Morgan fingerprint density at radius 3 is 2.18 bits per heavy atom. The van der Waals surface area contributed by atoms with Crippen LogP contribution in [0.3, 0.4) is 0 Å². The van der Waals surface area contributed by atoms with Crippen LogP contribution in [0.15, 0.2) is 49.1 Å². The largest absolute Gasteiger partial charge is 0.351 e. The Kier molecular flexibility index (Phi) is 5.77. The average molecular weight is 380 g/mol. The van der Waals surface area contributed by atoms with E-state index in [1.807, 2.05) is 0 Å². The Balaban J connectivity index is 1.65. The summed E-state index contributed by atoms with van der Waals surface area (Å²) in [6, 6.07) is 7.09. The zero-order valence-corrected chi connectivity index (χ0v) is 16.7. The summed E-state index contributed by atoms with van der Waals surface area (Å²) in [7, 11) is 0. The van der Waals surface area contributed by atoms with Crippen molar-refractivity contribution in [3.8, 4) is 0 Å². The number of aromatic nitrogens is 2. The van der Waals surface area contributed by atoms with E-state index in [1.165, 1.54) is 0 Å². The molecule has 28 heavy (non-hydrogen) atoms. The fourth-order valence-electron chi connectivity index (χ4n) is 4.53. The quantitative estimate of drug-likeness (QED) is 0.834. The highest BCUT2D eigenvalue weighted by Crippen LogP contribution is 2.45. The maximum Gasteiger partial charge on any atom is 0.253 e. The number of rotatable bonds is 5. The first-order chi connectivity index (χ1) is 13.3. The molecule has 1 aliphatic rings. The second kappa shape index (κ2) is 8.09. The Morgan fingerprint density at radius 2 is 1.61 bits per heavy atom. The van der Waals surface area contributed by atoms with Crippen molar-refractivity contribution in [2.45, 2.75) is 46.1 Å². The van der Waals surface area contributed by atoms with Crippen molar-refractivity contribution in [1.82, 2.24) is 20.6 Å². The third-order valence-electron chi connectivity index (χ3n) is 5.30. The molecule has 0 unspecified atom stereocenters. The van der Waals surface area contributed by atoms with Gasteiger partial charge in [-0.25, -0.2) is 0 Å². The number of hydrogen-bond donors (Lipinski definition) is 2. The number of hydrogen-bond acceptors (Lipinski definition) is 4. The molecule has 0 spiro atoms. The molecule has 2 aromatic heterocycles. The molecule has 2 atom stereocenters. The van der Waals surface area contributed by atoms with Crippen molar-refractivity contribution in [2.75, 3.05) is 6.54 Å². The van der Waals surface area contributed by atoms with Crippen molar-refractivity contribution in [3.63, 3.8) is 0 Å². The highest BCUT2D eigenvalue weighted by molar-refractivity contribution is 5.94. The molecule has 2 amide bonds. The van der Waals surface area contributed by atoms with Crippen molar-refractivity contribution in [2.24, 2.45) is 10.8 Å². The normalized spacial score (nSPS) is 23.6. The van der Waals surface area contributed by atoms with Crippen LogP contribution in [0.2, 0.25) is 0 Å². The lowest BCUT2D eigenvalue weighted by Crippen LogP contribution is -2.50. The Hall–Kier alpha value is -2.76. The van der Waals surface area contributed by atoms with Crippen LogP contribution in [-0.2, 0) is 0 Å². The Labute approximate surface area is 166 Å². The van der Waals surface area contributed by atoms with Crippen molar-refractivity contribution in [3.05, 3.63) is 60.2 Å². The third-order valence-corrected chi connectivity index (χ3v) is 5.30. The second-order valence-electron chi connectivity index (χ2n) is 8.90. The van der Waals surface area contributed by atoms with E-state index in [2.05, 4.69) is 41.4 Å². The van der Waals surface area contributed by atoms with E-state index >= 15 is 0 Å². The molecule has 2 heterocycles. The molecule has 0 radical (unpaired) electrons. The van der Waals surface area contributed by atoms with Crippen LogP contribution in [0.1, 0.15) is 60.7 Å². The summed E-state index contributed by atoms with van der Waals surface area (Å²) in [5, 5.41) is 6.21. The van der Waals surface area contributed by atoms with Gasteiger partial charge in [-0.3, -0.25) is 19.6 Å². The fraction of sp³-hybridized carbons (Fsp3) is 0.455. The number of amides is 2. The van der Waals surface area contributed by atoms with Gasteiger partial charge in [0.05, 0.1) is 11.1 Å². The zero-order chi connectivity index (χ0) is 20.2. The molecule has 0 aromatic carbocycles. The van der Waals surface area contributed by atoms with Gasteiger partial charge in [-0.15, -0.1) is 0 Å². The molecular formula is C22H28N4O2. The first-order valence-electron chi connectivity index (χ1n) is 9.66. The monoisotopic (exact) mass is 380 g/mol. The molecule has 1 aliphatic carbocycles. The molecule has 1 fully saturated rings. The van der Waals surface area contributed by atoms with E-state index in [1.54, 1.807) is 49.1 Å². The molecule has 2 N–H and O–H groups in total. The minimum absolute atomic E-state index is 0.0525. The zero-order valence-electron chi connectivity index (χ0n) is 16.7. The average Bonchev–Trinajstić information content (AvgIpc) is 2.66. The molecule has 2 aromatic rings. The van der Waals surface area contributed by atoms with E-state index in [9.17, 15) is 9.59 Å². The van der Waals surface area contributed by atoms with E-state index in [0.29, 0.717) is 17.7 Å². The van der Waals surface area contributed by atoms with E-state index in [0.717, 1.165) is 19.3 Å². The van der Waals surface area contributed by atoms with Gasteiger partial charge in [0.25, 0.3) is 11.8 Å². The minimum atomic E-state index is -0.117. The van der Waals surface area contributed by atoms with Gasteiger partial charge < -0.3 is 10.6 Å². The van der Waals surface area contributed by atoms with Gasteiger partial charge in [0, 0.05) is 37.4 Å². The first-order valence-corrected chi connectivity index (χ1v) is 9.66. The van der Waals surface area contributed by atoms with Crippen molar-refractivity contribution in [1.29, 1.82) is 0 Å². The van der Waals surface area contributed by atoms with E-state index in [4.69, 9.17) is 0 Å². The van der Waals surface area contributed by atoms with Gasteiger partial charge in [-0.05, 0) is 54.4 Å². The van der Waals surface area contributed by atoms with Gasteiger partial charge in [-0.2, -0.15) is 0 Å². The summed E-state index contributed by atoms with van der Waals surface area (Å²) >= 11 is 0. The molecule has 6 nitrogen and oxygen atoms in total. The lowest BCUT2D eigenvalue weighted by atomic mass is 9.62. The SMILES string of the molecule is CC1(C)C[C@@H](NC(=O)c2cccnc2)C[C@@](C)(CNC(=O)c2cccnc2)C1. The summed E-state index contributed by atoms with van der Waals surface area (Å²) in [6.07, 6.45) is 9.16. The van der Waals surface area contributed by atoms with Crippen LogP contribution in [0.4, 0.5) is 0 Å². The van der Waals surface area contributed by atoms with Gasteiger partial charge in [0.1, 0.15) is 0 Å².